The summed E-state index contributed by atoms with van der Waals surface area (Å²) in [6.07, 6.45) is 2.54. The van der Waals surface area contributed by atoms with Crippen molar-refractivity contribution in [3.63, 3.8) is 0 Å². The average Bonchev–Trinajstić information content (AvgIpc) is 3.13. The van der Waals surface area contributed by atoms with Gasteiger partial charge in [0.15, 0.2) is 22.7 Å². The van der Waals surface area contributed by atoms with Crippen LogP contribution in [0.3, 0.4) is 0 Å². The third-order valence-electron chi connectivity index (χ3n) is 3.77. The average molecular weight is 387 g/mol. The number of ether oxygens (including phenoxy) is 1. The molecule has 3 heterocycles. The van der Waals surface area contributed by atoms with E-state index < -0.39 is 11.6 Å². The minimum absolute atomic E-state index is 0.106. The van der Waals surface area contributed by atoms with Crippen LogP contribution in [0.4, 0.5) is 13.9 Å². The molecule has 0 fully saturated rings. The van der Waals surface area contributed by atoms with E-state index in [1.807, 2.05) is 5.38 Å². The predicted octanol–water partition coefficient (Wildman–Crippen LogP) is 4.04. The summed E-state index contributed by atoms with van der Waals surface area (Å²) in [5.74, 6) is -0.693. The number of rotatable bonds is 4. The Bertz CT molecular complexity index is 991. The number of thiazole rings is 1. The Morgan fingerprint density at radius 1 is 1.22 bits per heavy atom. The number of benzene rings is 1. The van der Waals surface area contributed by atoms with Crippen LogP contribution in [0.2, 0.25) is 0 Å². The van der Waals surface area contributed by atoms with E-state index in [1.165, 1.54) is 23.6 Å². The molecular formula is C18H15F2N5OS. The van der Waals surface area contributed by atoms with Crippen LogP contribution in [0.5, 0.6) is 11.6 Å². The zero-order chi connectivity index (χ0) is 18.6. The number of aliphatic imine (C=N–C) groups is 1. The van der Waals surface area contributed by atoms with Crippen LogP contribution in [0.15, 0.2) is 46.9 Å². The molecule has 1 aromatic carbocycles. The number of hydrogen-bond donors (Lipinski definition) is 2. The van der Waals surface area contributed by atoms with Crippen molar-refractivity contribution < 1.29 is 13.5 Å². The third kappa shape index (κ3) is 4.03. The van der Waals surface area contributed by atoms with Crippen LogP contribution in [0, 0.1) is 11.6 Å². The molecule has 1 aliphatic rings. The molecular weight excluding hydrogens is 372 g/mol. The number of pyridine rings is 1. The zero-order valence-corrected chi connectivity index (χ0v) is 14.9. The number of nitrogens with one attached hydrogen (secondary N) is 2. The highest BCUT2D eigenvalue weighted by Gasteiger charge is 2.15. The minimum atomic E-state index is -0.798. The maximum absolute atomic E-state index is 13.9. The van der Waals surface area contributed by atoms with Gasteiger partial charge >= 0.3 is 0 Å². The number of halogens is 2. The first-order chi connectivity index (χ1) is 13.2. The van der Waals surface area contributed by atoms with Crippen LogP contribution in [0.25, 0.3) is 11.3 Å². The van der Waals surface area contributed by atoms with Crippen LogP contribution in [-0.4, -0.2) is 29.0 Å². The van der Waals surface area contributed by atoms with Crippen molar-refractivity contribution in [3.05, 3.63) is 53.5 Å². The van der Waals surface area contributed by atoms with Gasteiger partial charge in [0.1, 0.15) is 5.82 Å². The molecule has 0 amide bonds. The predicted molar refractivity (Wildman–Crippen MR) is 100 cm³/mol. The van der Waals surface area contributed by atoms with Gasteiger partial charge in [-0.15, -0.1) is 11.3 Å². The summed E-state index contributed by atoms with van der Waals surface area (Å²) >= 11 is 1.41. The van der Waals surface area contributed by atoms with E-state index in [0.717, 1.165) is 31.6 Å². The molecule has 9 heteroatoms. The normalized spacial score (nSPS) is 13.6. The van der Waals surface area contributed by atoms with E-state index in [4.69, 9.17) is 4.74 Å². The SMILES string of the molecule is Fc1ccc(Oc2ncccc2-c2csc(NC3=NCCCN3)n2)c(F)c1. The first-order valence-electron chi connectivity index (χ1n) is 8.28. The second-order valence-electron chi connectivity index (χ2n) is 5.71. The molecule has 2 aromatic heterocycles. The molecule has 2 N–H and O–H groups in total. The van der Waals surface area contributed by atoms with Crippen molar-refractivity contribution in [2.45, 2.75) is 6.42 Å². The van der Waals surface area contributed by atoms with E-state index in [1.54, 1.807) is 12.1 Å². The second kappa shape index (κ2) is 7.67. The van der Waals surface area contributed by atoms with E-state index in [2.05, 4.69) is 25.6 Å². The highest BCUT2D eigenvalue weighted by atomic mass is 32.1. The Morgan fingerprint density at radius 3 is 2.96 bits per heavy atom. The van der Waals surface area contributed by atoms with E-state index in [9.17, 15) is 8.78 Å². The lowest BCUT2D eigenvalue weighted by Gasteiger charge is -2.14. The van der Waals surface area contributed by atoms with Gasteiger partial charge in [0.25, 0.3) is 0 Å². The zero-order valence-electron chi connectivity index (χ0n) is 14.1. The van der Waals surface area contributed by atoms with Gasteiger partial charge in [-0.1, -0.05) is 0 Å². The molecule has 3 aromatic rings. The van der Waals surface area contributed by atoms with E-state index in [-0.39, 0.29) is 11.6 Å². The van der Waals surface area contributed by atoms with Gasteiger partial charge < -0.3 is 15.4 Å². The molecule has 0 bridgehead atoms. The third-order valence-corrected chi connectivity index (χ3v) is 4.53. The number of anilines is 1. The molecule has 0 saturated heterocycles. The molecule has 0 saturated carbocycles. The molecule has 6 nitrogen and oxygen atoms in total. The van der Waals surface area contributed by atoms with Crippen molar-refractivity contribution in [3.8, 4) is 22.9 Å². The number of guanidine groups is 1. The summed E-state index contributed by atoms with van der Waals surface area (Å²) in [5, 5.41) is 8.82. The van der Waals surface area contributed by atoms with Crippen molar-refractivity contribution in [1.82, 2.24) is 15.3 Å². The molecule has 4 rings (SSSR count). The van der Waals surface area contributed by atoms with E-state index >= 15 is 0 Å². The second-order valence-corrected chi connectivity index (χ2v) is 6.56. The van der Waals surface area contributed by atoms with E-state index in [0.29, 0.717) is 22.3 Å². The van der Waals surface area contributed by atoms with Crippen LogP contribution < -0.4 is 15.4 Å². The lowest BCUT2D eigenvalue weighted by atomic mass is 10.2. The van der Waals surface area contributed by atoms with Crippen molar-refractivity contribution >= 4 is 22.4 Å². The van der Waals surface area contributed by atoms with Crippen LogP contribution in [-0.2, 0) is 0 Å². The highest BCUT2D eigenvalue weighted by molar-refractivity contribution is 7.14. The van der Waals surface area contributed by atoms with Crippen molar-refractivity contribution in [1.29, 1.82) is 0 Å². The Kier molecular flexibility index (Phi) is 4.93. The molecule has 0 aliphatic carbocycles. The van der Waals surface area contributed by atoms with Crippen LogP contribution in [0.1, 0.15) is 6.42 Å². The van der Waals surface area contributed by atoms with Gasteiger partial charge in [0.2, 0.25) is 5.88 Å². The van der Waals surface area contributed by atoms with Crippen molar-refractivity contribution in [2.75, 3.05) is 18.4 Å². The first-order valence-corrected chi connectivity index (χ1v) is 9.16. The summed E-state index contributed by atoms with van der Waals surface area (Å²) in [5.41, 5.74) is 1.23. The first kappa shape index (κ1) is 17.3. The molecule has 0 spiro atoms. The standard InChI is InChI=1S/C18H15F2N5OS/c19-11-4-5-15(13(20)9-11)26-16-12(3-1-6-21-16)14-10-27-18(24-14)25-17-22-7-2-8-23-17/h1,3-6,9-10H,2,7-8H2,(H2,22,23,24,25). The quantitative estimate of drug-likeness (QED) is 0.707. The monoisotopic (exact) mass is 387 g/mol. The fourth-order valence-electron chi connectivity index (χ4n) is 2.50. The lowest BCUT2D eigenvalue weighted by molar-refractivity contribution is 0.425. The Morgan fingerprint density at radius 2 is 2.15 bits per heavy atom. The summed E-state index contributed by atoms with van der Waals surface area (Å²) in [4.78, 5) is 13.0. The lowest BCUT2D eigenvalue weighted by Crippen LogP contribution is -2.35. The van der Waals surface area contributed by atoms with Gasteiger partial charge in [-0.05, 0) is 30.7 Å². The van der Waals surface area contributed by atoms with Gasteiger partial charge in [-0.2, -0.15) is 0 Å². The van der Waals surface area contributed by atoms with Gasteiger partial charge in [0.05, 0.1) is 11.3 Å². The van der Waals surface area contributed by atoms with Gasteiger partial charge in [-0.25, -0.2) is 18.7 Å². The van der Waals surface area contributed by atoms with Gasteiger partial charge in [0, 0.05) is 30.7 Å². The van der Waals surface area contributed by atoms with Gasteiger partial charge in [-0.3, -0.25) is 4.99 Å². The smallest absolute Gasteiger partial charge is 0.228 e. The number of nitrogens with zero attached hydrogens (tertiary/aromatic N) is 3. The summed E-state index contributed by atoms with van der Waals surface area (Å²) in [6, 6.07) is 6.63. The highest BCUT2D eigenvalue weighted by Crippen LogP contribution is 2.34. The molecule has 0 unspecified atom stereocenters. The Labute approximate surface area is 158 Å². The van der Waals surface area contributed by atoms with Crippen LogP contribution >= 0.6 is 11.3 Å². The summed E-state index contributed by atoms with van der Waals surface area (Å²) in [7, 11) is 0. The number of hydrogen-bond acceptors (Lipinski definition) is 7. The molecule has 0 atom stereocenters. The molecule has 1 aliphatic heterocycles. The maximum atomic E-state index is 13.9. The topological polar surface area (TPSA) is 71.4 Å². The molecule has 138 valence electrons. The Hall–Kier alpha value is -3.07. The molecule has 27 heavy (non-hydrogen) atoms. The van der Waals surface area contributed by atoms with Crippen molar-refractivity contribution in [2.24, 2.45) is 4.99 Å². The maximum Gasteiger partial charge on any atom is 0.228 e. The number of aromatic nitrogens is 2. The Balaban J connectivity index is 1.58. The fraction of sp³-hybridized carbons (Fsp3) is 0.167. The largest absolute Gasteiger partial charge is 0.435 e. The molecule has 0 radical (unpaired) electrons. The fourth-order valence-corrected chi connectivity index (χ4v) is 3.21. The minimum Gasteiger partial charge on any atom is -0.435 e. The summed E-state index contributed by atoms with van der Waals surface area (Å²) < 4.78 is 32.5. The summed E-state index contributed by atoms with van der Waals surface area (Å²) in [6.45, 7) is 1.64.